The van der Waals surface area contributed by atoms with E-state index in [1.54, 1.807) is 30.3 Å². The Morgan fingerprint density at radius 1 is 1.24 bits per heavy atom. The quantitative estimate of drug-likeness (QED) is 0.348. The van der Waals surface area contributed by atoms with Crippen LogP contribution in [0.25, 0.3) is 0 Å². The fourth-order valence-corrected chi connectivity index (χ4v) is 1.84. The molecule has 0 bridgehead atoms. The molecular weight excluding hydrogens is 266 g/mol. The van der Waals surface area contributed by atoms with E-state index in [-0.39, 0.29) is 5.96 Å². The first-order chi connectivity index (χ1) is 10.1. The molecule has 2 aromatic carbocycles. The Kier molecular flexibility index (Phi) is 4.56. The molecule has 0 amide bonds. The van der Waals surface area contributed by atoms with Crippen LogP contribution >= 0.6 is 0 Å². The monoisotopic (exact) mass is 283 g/mol. The van der Waals surface area contributed by atoms with Gasteiger partial charge in [0.05, 0.1) is 5.56 Å². The van der Waals surface area contributed by atoms with Gasteiger partial charge in [-0.2, -0.15) is 0 Å². The average Bonchev–Trinajstić information content (AvgIpc) is 2.47. The molecule has 0 saturated heterocycles. The van der Waals surface area contributed by atoms with Crippen molar-refractivity contribution in [2.45, 2.75) is 13.3 Å². The van der Waals surface area contributed by atoms with Gasteiger partial charge in [-0.15, -0.1) is 0 Å². The van der Waals surface area contributed by atoms with Gasteiger partial charge in [0.2, 0.25) is 0 Å². The highest BCUT2D eigenvalue weighted by Crippen LogP contribution is 2.16. The molecule has 108 valence electrons. The number of nitrogens with two attached hydrogens (primary N) is 1. The third-order valence-corrected chi connectivity index (χ3v) is 2.92. The van der Waals surface area contributed by atoms with E-state index >= 15 is 0 Å². The summed E-state index contributed by atoms with van der Waals surface area (Å²) in [4.78, 5) is 12.0. The highest BCUT2D eigenvalue weighted by atomic mass is 16.5. The van der Waals surface area contributed by atoms with E-state index in [0.717, 1.165) is 12.0 Å². The van der Waals surface area contributed by atoms with Crippen LogP contribution in [-0.4, -0.2) is 11.9 Å². The predicted molar refractivity (Wildman–Crippen MR) is 82.8 cm³/mol. The molecule has 5 nitrogen and oxygen atoms in total. The number of hydrogen-bond donors (Lipinski definition) is 3. The Bertz CT molecular complexity index is 651. The number of carbonyl (C=O) groups is 1. The molecule has 0 aliphatic heterocycles. The predicted octanol–water partition coefficient (Wildman–Crippen LogP) is 2.77. The average molecular weight is 283 g/mol. The van der Waals surface area contributed by atoms with Crippen molar-refractivity contribution in [3.8, 4) is 5.75 Å². The Morgan fingerprint density at radius 2 is 1.95 bits per heavy atom. The maximum absolute atomic E-state index is 12.0. The van der Waals surface area contributed by atoms with Crippen LogP contribution in [-0.2, 0) is 6.42 Å². The van der Waals surface area contributed by atoms with Gasteiger partial charge in [-0.05, 0) is 48.4 Å². The van der Waals surface area contributed by atoms with Crippen LogP contribution in [0.5, 0.6) is 5.75 Å². The van der Waals surface area contributed by atoms with Gasteiger partial charge in [-0.1, -0.05) is 19.1 Å². The lowest BCUT2D eigenvalue weighted by Gasteiger charge is -2.07. The van der Waals surface area contributed by atoms with Crippen molar-refractivity contribution in [2.75, 3.05) is 5.32 Å². The van der Waals surface area contributed by atoms with Gasteiger partial charge in [-0.3, -0.25) is 5.41 Å². The van der Waals surface area contributed by atoms with E-state index in [4.69, 9.17) is 15.9 Å². The van der Waals surface area contributed by atoms with E-state index in [1.165, 1.54) is 0 Å². The normalized spacial score (nSPS) is 9.95. The summed E-state index contributed by atoms with van der Waals surface area (Å²) < 4.78 is 5.34. The van der Waals surface area contributed by atoms with Crippen LogP contribution in [0.2, 0.25) is 0 Å². The minimum Gasteiger partial charge on any atom is -0.423 e. The van der Waals surface area contributed by atoms with Gasteiger partial charge in [0.15, 0.2) is 5.96 Å². The van der Waals surface area contributed by atoms with Crippen LogP contribution in [0.3, 0.4) is 0 Å². The molecule has 4 N–H and O–H groups in total. The van der Waals surface area contributed by atoms with Crippen molar-refractivity contribution in [1.82, 2.24) is 0 Å². The number of nitrogens with one attached hydrogen (secondary N) is 2. The SMILES string of the molecule is CCc1cccc(OC(=O)c2ccc(NC(=N)N)cc2)c1. The van der Waals surface area contributed by atoms with E-state index in [2.05, 4.69) is 5.32 Å². The third-order valence-electron chi connectivity index (χ3n) is 2.92. The van der Waals surface area contributed by atoms with Crippen molar-refractivity contribution in [3.63, 3.8) is 0 Å². The minimum absolute atomic E-state index is 0.151. The fraction of sp³-hybridized carbons (Fsp3) is 0.125. The van der Waals surface area contributed by atoms with Gasteiger partial charge in [0.1, 0.15) is 5.75 Å². The summed E-state index contributed by atoms with van der Waals surface area (Å²) in [5, 5.41) is 9.78. The molecular formula is C16H17N3O2. The van der Waals surface area contributed by atoms with Crippen LogP contribution in [0, 0.1) is 5.41 Å². The first kappa shape index (κ1) is 14.6. The molecule has 0 unspecified atom stereocenters. The van der Waals surface area contributed by atoms with Crippen molar-refractivity contribution in [1.29, 1.82) is 5.41 Å². The summed E-state index contributed by atoms with van der Waals surface area (Å²) in [7, 11) is 0. The van der Waals surface area contributed by atoms with Crippen LogP contribution < -0.4 is 15.8 Å². The number of hydrogen-bond acceptors (Lipinski definition) is 3. The number of carbonyl (C=O) groups excluding carboxylic acids is 1. The number of aryl methyl sites for hydroxylation is 1. The molecule has 0 aromatic heterocycles. The van der Waals surface area contributed by atoms with Gasteiger partial charge >= 0.3 is 5.97 Å². The molecule has 0 heterocycles. The van der Waals surface area contributed by atoms with Gasteiger partial charge in [0, 0.05) is 5.69 Å². The number of guanidine groups is 1. The maximum atomic E-state index is 12.0. The number of anilines is 1. The highest BCUT2D eigenvalue weighted by Gasteiger charge is 2.08. The summed E-state index contributed by atoms with van der Waals surface area (Å²) in [5.41, 5.74) is 7.43. The second-order valence-electron chi connectivity index (χ2n) is 4.51. The van der Waals surface area contributed by atoms with Crippen LogP contribution in [0.1, 0.15) is 22.8 Å². The van der Waals surface area contributed by atoms with E-state index in [0.29, 0.717) is 17.0 Å². The first-order valence-corrected chi connectivity index (χ1v) is 6.60. The lowest BCUT2D eigenvalue weighted by atomic mass is 10.1. The Hall–Kier alpha value is -2.82. The van der Waals surface area contributed by atoms with E-state index in [9.17, 15) is 4.79 Å². The van der Waals surface area contributed by atoms with Gasteiger partial charge < -0.3 is 15.8 Å². The Balaban J connectivity index is 2.07. The zero-order chi connectivity index (χ0) is 15.2. The summed E-state index contributed by atoms with van der Waals surface area (Å²) in [6.07, 6.45) is 0.886. The first-order valence-electron chi connectivity index (χ1n) is 6.60. The molecule has 0 aliphatic carbocycles. The van der Waals surface area contributed by atoms with Gasteiger partial charge in [0.25, 0.3) is 0 Å². The molecule has 0 radical (unpaired) electrons. The van der Waals surface area contributed by atoms with Crippen LogP contribution in [0.15, 0.2) is 48.5 Å². The van der Waals surface area contributed by atoms with Crippen molar-refractivity contribution < 1.29 is 9.53 Å². The molecule has 2 rings (SSSR count). The fourth-order valence-electron chi connectivity index (χ4n) is 1.84. The second-order valence-corrected chi connectivity index (χ2v) is 4.51. The molecule has 0 spiro atoms. The molecule has 0 fully saturated rings. The molecule has 21 heavy (non-hydrogen) atoms. The Morgan fingerprint density at radius 3 is 2.57 bits per heavy atom. The van der Waals surface area contributed by atoms with Crippen molar-refractivity contribution in [3.05, 3.63) is 59.7 Å². The zero-order valence-corrected chi connectivity index (χ0v) is 11.7. The number of rotatable bonds is 4. The number of esters is 1. The third kappa shape index (κ3) is 4.07. The smallest absolute Gasteiger partial charge is 0.343 e. The van der Waals surface area contributed by atoms with E-state index < -0.39 is 5.97 Å². The summed E-state index contributed by atoms with van der Waals surface area (Å²) in [6, 6.07) is 14.0. The molecule has 5 heteroatoms. The molecule has 0 saturated carbocycles. The maximum Gasteiger partial charge on any atom is 0.343 e. The van der Waals surface area contributed by atoms with Crippen molar-refractivity contribution >= 4 is 17.6 Å². The van der Waals surface area contributed by atoms with Gasteiger partial charge in [-0.25, -0.2) is 4.79 Å². The topological polar surface area (TPSA) is 88.2 Å². The Labute approximate surface area is 123 Å². The molecule has 0 atom stereocenters. The zero-order valence-electron chi connectivity index (χ0n) is 11.7. The van der Waals surface area contributed by atoms with E-state index in [1.807, 2.05) is 25.1 Å². The standard InChI is InChI=1S/C16H17N3O2/c1-2-11-4-3-5-14(10-11)21-15(20)12-6-8-13(9-7-12)19-16(17)18/h3-10H,2H2,1H3,(H4,17,18,19). The lowest BCUT2D eigenvalue weighted by Crippen LogP contribution is -2.20. The van der Waals surface area contributed by atoms with Crippen molar-refractivity contribution in [2.24, 2.45) is 5.73 Å². The molecule has 0 aliphatic rings. The lowest BCUT2D eigenvalue weighted by molar-refractivity contribution is 0.0734. The summed E-state index contributed by atoms with van der Waals surface area (Å²) in [5.74, 6) is -0.0374. The number of benzene rings is 2. The molecule has 2 aromatic rings. The van der Waals surface area contributed by atoms with Crippen LogP contribution in [0.4, 0.5) is 5.69 Å². The summed E-state index contributed by atoms with van der Waals surface area (Å²) >= 11 is 0. The largest absolute Gasteiger partial charge is 0.423 e. The minimum atomic E-state index is -0.419. The highest BCUT2D eigenvalue weighted by molar-refractivity contribution is 5.93. The number of ether oxygens (including phenoxy) is 1. The second kappa shape index (κ2) is 6.56. The summed E-state index contributed by atoms with van der Waals surface area (Å²) in [6.45, 7) is 2.04.